The molecular formula is C19H22N2O2. The molecule has 0 spiro atoms. The summed E-state index contributed by atoms with van der Waals surface area (Å²) in [7, 11) is 0. The van der Waals surface area contributed by atoms with Gasteiger partial charge in [-0.05, 0) is 57.0 Å². The van der Waals surface area contributed by atoms with Crippen molar-refractivity contribution in [1.82, 2.24) is 10.2 Å². The molecule has 1 aromatic heterocycles. The van der Waals surface area contributed by atoms with E-state index in [1.807, 2.05) is 31.2 Å². The second-order valence-corrected chi connectivity index (χ2v) is 6.75. The van der Waals surface area contributed by atoms with E-state index in [4.69, 9.17) is 4.42 Å². The minimum Gasteiger partial charge on any atom is -0.451 e. The Labute approximate surface area is 136 Å². The van der Waals surface area contributed by atoms with Gasteiger partial charge in [0.1, 0.15) is 5.76 Å². The van der Waals surface area contributed by atoms with Gasteiger partial charge < -0.3 is 14.6 Å². The maximum Gasteiger partial charge on any atom is 0.287 e. The van der Waals surface area contributed by atoms with E-state index in [2.05, 4.69) is 16.3 Å². The number of amides is 1. The number of hydrogen-bond acceptors (Lipinski definition) is 3. The van der Waals surface area contributed by atoms with Crippen molar-refractivity contribution in [3.8, 4) is 11.3 Å². The van der Waals surface area contributed by atoms with Crippen LogP contribution in [-0.4, -0.2) is 36.5 Å². The average molecular weight is 310 g/mol. The molecule has 1 aromatic carbocycles. The number of carbonyl (C=O) groups excluding carboxylic acids is 1. The summed E-state index contributed by atoms with van der Waals surface area (Å²) in [5.74, 6) is 1.67. The number of nitrogens with one attached hydrogen (secondary N) is 1. The minimum absolute atomic E-state index is 0.0948. The van der Waals surface area contributed by atoms with Crippen molar-refractivity contribution in [2.75, 3.05) is 19.6 Å². The first-order valence-electron chi connectivity index (χ1n) is 8.39. The van der Waals surface area contributed by atoms with Gasteiger partial charge in [-0.2, -0.15) is 0 Å². The van der Waals surface area contributed by atoms with Gasteiger partial charge in [-0.15, -0.1) is 0 Å². The van der Waals surface area contributed by atoms with Gasteiger partial charge in [0.15, 0.2) is 5.76 Å². The molecule has 4 heterocycles. The van der Waals surface area contributed by atoms with E-state index in [-0.39, 0.29) is 11.9 Å². The molecule has 3 aliphatic rings. The third-order valence-corrected chi connectivity index (χ3v) is 5.11. The predicted octanol–water partition coefficient (Wildman–Crippen LogP) is 3.08. The first-order valence-corrected chi connectivity index (χ1v) is 8.39. The number of fused-ring (bicyclic) bond motifs is 3. The Kier molecular flexibility index (Phi) is 3.69. The lowest BCUT2D eigenvalue weighted by Crippen LogP contribution is -2.57. The first kappa shape index (κ1) is 14.5. The normalized spacial score (nSPS) is 26.2. The minimum atomic E-state index is -0.0948. The summed E-state index contributed by atoms with van der Waals surface area (Å²) in [4.78, 5) is 14.9. The summed E-state index contributed by atoms with van der Waals surface area (Å²) >= 11 is 0. The summed E-state index contributed by atoms with van der Waals surface area (Å²) in [6.45, 7) is 5.37. The Hall–Kier alpha value is -2.07. The van der Waals surface area contributed by atoms with Crippen LogP contribution in [-0.2, 0) is 0 Å². The fourth-order valence-electron chi connectivity index (χ4n) is 3.78. The molecule has 2 bridgehead atoms. The van der Waals surface area contributed by atoms with Crippen LogP contribution in [0.2, 0.25) is 0 Å². The maximum absolute atomic E-state index is 12.5. The van der Waals surface area contributed by atoms with Crippen LogP contribution in [0.5, 0.6) is 0 Å². The van der Waals surface area contributed by atoms with Crippen LogP contribution in [0.25, 0.3) is 11.3 Å². The maximum atomic E-state index is 12.5. The third kappa shape index (κ3) is 2.91. The lowest BCUT2D eigenvalue weighted by molar-refractivity contribution is 0.0606. The van der Waals surface area contributed by atoms with Gasteiger partial charge in [-0.1, -0.05) is 23.8 Å². The highest BCUT2D eigenvalue weighted by atomic mass is 16.3. The predicted molar refractivity (Wildman–Crippen MR) is 89.3 cm³/mol. The lowest BCUT2D eigenvalue weighted by atomic mass is 9.84. The molecule has 4 nitrogen and oxygen atoms in total. The van der Waals surface area contributed by atoms with Crippen LogP contribution in [0, 0.1) is 12.8 Å². The number of rotatable bonds is 3. The van der Waals surface area contributed by atoms with E-state index >= 15 is 0 Å². The Bertz CT molecular complexity index is 714. The smallest absolute Gasteiger partial charge is 0.287 e. The van der Waals surface area contributed by atoms with Gasteiger partial charge in [-0.25, -0.2) is 0 Å². The number of aryl methyl sites for hydroxylation is 1. The molecule has 3 saturated heterocycles. The summed E-state index contributed by atoms with van der Waals surface area (Å²) < 4.78 is 5.78. The van der Waals surface area contributed by atoms with Gasteiger partial charge in [0.2, 0.25) is 0 Å². The highest BCUT2D eigenvalue weighted by molar-refractivity contribution is 5.92. The van der Waals surface area contributed by atoms with Gasteiger partial charge >= 0.3 is 0 Å². The third-order valence-electron chi connectivity index (χ3n) is 5.11. The highest BCUT2D eigenvalue weighted by Gasteiger charge is 2.35. The van der Waals surface area contributed by atoms with Crippen molar-refractivity contribution in [2.24, 2.45) is 5.92 Å². The quantitative estimate of drug-likeness (QED) is 0.947. The Morgan fingerprint density at radius 3 is 2.74 bits per heavy atom. The Morgan fingerprint density at radius 1 is 1.22 bits per heavy atom. The molecule has 1 N–H and O–H groups in total. The molecule has 0 radical (unpaired) electrons. The van der Waals surface area contributed by atoms with Crippen molar-refractivity contribution in [3.63, 3.8) is 0 Å². The Balaban J connectivity index is 1.47. The highest BCUT2D eigenvalue weighted by Crippen LogP contribution is 2.28. The van der Waals surface area contributed by atoms with Crippen molar-refractivity contribution in [2.45, 2.75) is 25.8 Å². The van der Waals surface area contributed by atoms with Crippen molar-refractivity contribution in [3.05, 3.63) is 47.7 Å². The summed E-state index contributed by atoms with van der Waals surface area (Å²) in [6, 6.07) is 12.0. The van der Waals surface area contributed by atoms with Gasteiger partial charge in [0.05, 0.1) is 0 Å². The average Bonchev–Trinajstić information content (AvgIpc) is 3.06. The monoisotopic (exact) mass is 310 g/mol. The molecule has 3 aliphatic heterocycles. The molecule has 23 heavy (non-hydrogen) atoms. The Morgan fingerprint density at radius 2 is 2.04 bits per heavy atom. The van der Waals surface area contributed by atoms with Crippen LogP contribution in [0.3, 0.4) is 0 Å². The van der Waals surface area contributed by atoms with E-state index in [0.29, 0.717) is 11.7 Å². The van der Waals surface area contributed by atoms with E-state index in [0.717, 1.165) is 17.9 Å². The molecule has 4 heteroatoms. The topological polar surface area (TPSA) is 45.5 Å². The van der Waals surface area contributed by atoms with Crippen molar-refractivity contribution < 1.29 is 9.21 Å². The number of benzene rings is 1. The van der Waals surface area contributed by atoms with Gasteiger partial charge in [0.25, 0.3) is 5.91 Å². The zero-order chi connectivity index (χ0) is 15.8. The van der Waals surface area contributed by atoms with E-state index < -0.39 is 0 Å². The second-order valence-electron chi connectivity index (χ2n) is 6.75. The molecule has 2 aromatic rings. The van der Waals surface area contributed by atoms with Gasteiger partial charge in [-0.3, -0.25) is 4.79 Å². The molecule has 120 valence electrons. The molecule has 0 saturated carbocycles. The van der Waals surface area contributed by atoms with Crippen LogP contribution < -0.4 is 5.32 Å². The zero-order valence-corrected chi connectivity index (χ0v) is 13.4. The molecule has 1 amide bonds. The molecular weight excluding hydrogens is 288 g/mol. The summed E-state index contributed by atoms with van der Waals surface area (Å²) in [5, 5.41) is 3.17. The summed E-state index contributed by atoms with van der Waals surface area (Å²) in [6.07, 6.45) is 2.38. The molecule has 3 fully saturated rings. The number of piperidine rings is 3. The van der Waals surface area contributed by atoms with E-state index in [1.54, 1.807) is 6.07 Å². The SMILES string of the molecule is Cc1cccc(-c2ccc(C(=O)NC3CN4CCC3CC4)o2)c1. The van der Waals surface area contributed by atoms with E-state index in [9.17, 15) is 4.79 Å². The largest absolute Gasteiger partial charge is 0.451 e. The standard InChI is InChI=1S/C19H22N2O2/c1-13-3-2-4-15(11-13)17-5-6-18(23-17)19(22)20-16-12-21-9-7-14(16)8-10-21/h2-6,11,14,16H,7-10,12H2,1H3,(H,20,22). The van der Waals surface area contributed by atoms with Crippen LogP contribution in [0.4, 0.5) is 0 Å². The number of carbonyl (C=O) groups is 1. The number of nitrogens with zero attached hydrogens (tertiary/aromatic N) is 1. The number of furan rings is 1. The first-order chi connectivity index (χ1) is 11.2. The summed E-state index contributed by atoms with van der Waals surface area (Å²) in [5.41, 5.74) is 2.18. The van der Waals surface area contributed by atoms with Crippen LogP contribution in [0.1, 0.15) is 29.0 Å². The second kappa shape index (κ2) is 5.85. The lowest BCUT2D eigenvalue weighted by Gasteiger charge is -2.44. The zero-order valence-electron chi connectivity index (χ0n) is 13.4. The fraction of sp³-hybridized carbons (Fsp3) is 0.421. The van der Waals surface area contributed by atoms with Crippen LogP contribution in [0.15, 0.2) is 40.8 Å². The van der Waals surface area contributed by atoms with Gasteiger partial charge in [0, 0.05) is 18.2 Å². The van der Waals surface area contributed by atoms with E-state index in [1.165, 1.54) is 31.5 Å². The number of hydrogen-bond donors (Lipinski definition) is 1. The van der Waals surface area contributed by atoms with Crippen LogP contribution >= 0.6 is 0 Å². The molecule has 1 unspecified atom stereocenters. The van der Waals surface area contributed by atoms with Crippen molar-refractivity contribution in [1.29, 1.82) is 0 Å². The fourth-order valence-corrected chi connectivity index (χ4v) is 3.78. The molecule has 0 aliphatic carbocycles. The van der Waals surface area contributed by atoms with Crippen molar-refractivity contribution >= 4 is 5.91 Å². The molecule has 1 atom stereocenters. The molecule has 5 rings (SSSR count).